The van der Waals surface area contributed by atoms with Crippen LogP contribution < -0.4 is 0 Å². The van der Waals surface area contributed by atoms with Crippen molar-refractivity contribution in [1.29, 1.82) is 10.5 Å². The molecule has 4 heterocycles. The van der Waals surface area contributed by atoms with E-state index in [2.05, 4.69) is 155 Å². The Balaban J connectivity index is 1.06. The van der Waals surface area contributed by atoms with Gasteiger partial charge in [-0.2, -0.15) is 10.5 Å². The van der Waals surface area contributed by atoms with E-state index < -0.39 is 0 Å². The molecule has 4 nitrogen and oxygen atoms in total. The summed E-state index contributed by atoms with van der Waals surface area (Å²) in [5.74, 6) is 0. The maximum atomic E-state index is 9.90. The zero-order valence-electron chi connectivity index (χ0n) is 29.6. The van der Waals surface area contributed by atoms with E-state index in [0.29, 0.717) is 11.1 Å². The molecule has 0 aliphatic rings. The van der Waals surface area contributed by atoms with Crippen LogP contribution in [0.15, 0.2) is 158 Å². The summed E-state index contributed by atoms with van der Waals surface area (Å²) in [5.41, 5.74) is 10.6. The summed E-state index contributed by atoms with van der Waals surface area (Å²) < 4.78 is 9.20. The average molecular weight is 747 g/mol. The molecular weight excluding hydrogens is 721 g/mol. The lowest BCUT2D eigenvalue weighted by Gasteiger charge is -2.11. The molecule has 0 saturated heterocycles. The lowest BCUT2D eigenvalue weighted by Crippen LogP contribution is -1.94. The summed E-state index contributed by atoms with van der Waals surface area (Å²) >= 11 is 3.41. The molecule has 0 atom stereocenters. The fourth-order valence-electron chi connectivity index (χ4n) is 8.96. The maximum absolute atomic E-state index is 9.90. The fourth-order valence-corrected chi connectivity index (χ4v) is 11.5. The standard InChI is InChI=1S/C50H26N4S2/c51-27-31-9-5-13-35-37-15-7-19-45(49(37)55-47(31)35)53-41-17-3-1-11-33(41)39-25-29(21-23-43(39)53)30-22-24-44-40(26-30)34-12-2-4-18-42(34)54(44)46-20-8-16-38-36-14-6-10-32(28-52)48(36)56-50(38)46/h1-26H. The number of fused-ring (bicyclic) bond motifs is 12. The monoisotopic (exact) mass is 746 g/mol. The van der Waals surface area contributed by atoms with Crippen molar-refractivity contribution in [3.05, 3.63) is 169 Å². The second kappa shape index (κ2) is 11.6. The number of nitriles is 2. The van der Waals surface area contributed by atoms with Crippen LogP contribution in [0.3, 0.4) is 0 Å². The van der Waals surface area contributed by atoms with Crippen molar-refractivity contribution in [3.63, 3.8) is 0 Å². The van der Waals surface area contributed by atoms with Crippen LogP contribution in [-0.4, -0.2) is 9.13 Å². The first-order valence-corrected chi connectivity index (χ1v) is 20.1. The van der Waals surface area contributed by atoms with E-state index in [4.69, 9.17) is 0 Å². The molecule has 0 spiro atoms. The molecule has 0 aliphatic heterocycles. The average Bonchev–Trinajstić information content (AvgIpc) is 4.01. The molecule has 0 bridgehead atoms. The largest absolute Gasteiger partial charge is 0.308 e. The van der Waals surface area contributed by atoms with Gasteiger partial charge in [-0.1, -0.05) is 97.1 Å². The highest BCUT2D eigenvalue weighted by molar-refractivity contribution is 7.27. The summed E-state index contributed by atoms with van der Waals surface area (Å²) in [5, 5.41) is 29.2. The Morgan fingerprint density at radius 3 is 1.16 bits per heavy atom. The Morgan fingerprint density at radius 2 is 0.714 bits per heavy atom. The highest BCUT2D eigenvalue weighted by atomic mass is 32.1. The zero-order valence-corrected chi connectivity index (χ0v) is 31.2. The number of hydrogen-bond acceptors (Lipinski definition) is 4. The highest BCUT2D eigenvalue weighted by Crippen LogP contribution is 2.45. The van der Waals surface area contributed by atoms with E-state index in [1.54, 1.807) is 22.7 Å². The number of hydrogen-bond donors (Lipinski definition) is 0. The van der Waals surface area contributed by atoms with Gasteiger partial charge in [0.1, 0.15) is 12.1 Å². The number of rotatable bonds is 3. The van der Waals surface area contributed by atoms with E-state index in [1.165, 1.54) is 41.7 Å². The number of nitrogens with zero attached hydrogens (tertiary/aromatic N) is 4. The molecule has 0 unspecified atom stereocenters. The molecule has 0 radical (unpaired) electrons. The first-order chi connectivity index (χ1) is 27.7. The van der Waals surface area contributed by atoms with Crippen molar-refractivity contribution in [2.75, 3.05) is 0 Å². The number of para-hydroxylation sites is 2. The minimum Gasteiger partial charge on any atom is -0.308 e. The lowest BCUT2D eigenvalue weighted by molar-refractivity contribution is 1.20. The minimum absolute atomic E-state index is 0.716. The van der Waals surface area contributed by atoms with Crippen LogP contribution in [0.4, 0.5) is 0 Å². The molecule has 56 heavy (non-hydrogen) atoms. The predicted molar refractivity (Wildman–Crippen MR) is 236 cm³/mol. The Kier molecular flexibility index (Phi) is 6.48. The van der Waals surface area contributed by atoms with Gasteiger partial charge in [0, 0.05) is 43.1 Å². The minimum atomic E-state index is 0.716. The van der Waals surface area contributed by atoms with Gasteiger partial charge in [0.25, 0.3) is 0 Å². The third-order valence-electron chi connectivity index (χ3n) is 11.4. The highest BCUT2D eigenvalue weighted by Gasteiger charge is 2.20. The summed E-state index contributed by atoms with van der Waals surface area (Å²) in [6.07, 6.45) is 0. The van der Waals surface area contributed by atoms with Gasteiger partial charge in [0.05, 0.1) is 63.4 Å². The second-order valence-corrected chi connectivity index (χ2v) is 16.3. The van der Waals surface area contributed by atoms with Gasteiger partial charge in [-0.3, -0.25) is 0 Å². The van der Waals surface area contributed by atoms with Crippen molar-refractivity contribution in [2.24, 2.45) is 0 Å². The van der Waals surface area contributed by atoms with Gasteiger partial charge in [0.15, 0.2) is 0 Å². The first kappa shape index (κ1) is 31.2. The molecule has 0 fully saturated rings. The molecule has 4 aromatic heterocycles. The van der Waals surface area contributed by atoms with Crippen molar-refractivity contribution in [2.45, 2.75) is 0 Å². The number of aromatic nitrogens is 2. The third kappa shape index (κ3) is 4.20. The third-order valence-corrected chi connectivity index (χ3v) is 14.0. The normalized spacial score (nSPS) is 11.9. The Hall–Kier alpha value is -7.22. The SMILES string of the molecule is N#Cc1cccc2c1sc1c(-n3c4ccccc4c4cc(-c5ccc6c(c5)c5ccccc5n6-c5cccc6c5sc5c(C#N)cccc56)ccc43)cccc12. The van der Waals surface area contributed by atoms with Gasteiger partial charge in [-0.25, -0.2) is 0 Å². The fraction of sp³-hybridized carbons (Fsp3) is 0. The molecule has 6 heteroatoms. The van der Waals surface area contributed by atoms with Gasteiger partial charge in [-0.15, -0.1) is 22.7 Å². The predicted octanol–water partition coefficient (Wildman–Crippen LogP) is 14.0. The Labute approximate surface area is 328 Å². The Bertz CT molecular complexity index is 3500. The first-order valence-electron chi connectivity index (χ1n) is 18.5. The second-order valence-electron chi connectivity index (χ2n) is 14.3. The van der Waals surface area contributed by atoms with E-state index in [9.17, 15) is 10.5 Å². The Morgan fingerprint density at radius 1 is 0.339 bits per heavy atom. The molecule has 8 aromatic carbocycles. The van der Waals surface area contributed by atoms with Gasteiger partial charge < -0.3 is 9.13 Å². The van der Waals surface area contributed by atoms with Gasteiger partial charge in [0.2, 0.25) is 0 Å². The van der Waals surface area contributed by atoms with E-state index in [-0.39, 0.29) is 0 Å². The van der Waals surface area contributed by atoms with Crippen LogP contribution in [-0.2, 0) is 0 Å². The molecule has 0 saturated carbocycles. The number of benzene rings is 8. The molecule has 12 aromatic rings. The summed E-state index contributed by atoms with van der Waals surface area (Å²) in [7, 11) is 0. The van der Waals surface area contributed by atoms with Gasteiger partial charge >= 0.3 is 0 Å². The van der Waals surface area contributed by atoms with E-state index in [1.807, 2.05) is 24.3 Å². The van der Waals surface area contributed by atoms with E-state index >= 15 is 0 Å². The van der Waals surface area contributed by atoms with Crippen LogP contribution in [0.5, 0.6) is 0 Å². The van der Waals surface area contributed by atoms with Crippen LogP contribution in [0.1, 0.15) is 11.1 Å². The molecule has 12 rings (SSSR count). The lowest BCUT2D eigenvalue weighted by atomic mass is 10.0. The van der Waals surface area contributed by atoms with Crippen molar-refractivity contribution < 1.29 is 0 Å². The summed E-state index contributed by atoms with van der Waals surface area (Å²) in [6, 6.07) is 60.9. The molecule has 0 amide bonds. The molecule has 0 aliphatic carbocycles. The quantitative estimate of drug-likeness (QED) is 0.181. The molecule has 0 N–H and O–H groups in total. The topological polar surface area (TPSA) is 57.4 Å². The maximum Gasteiger partial charge on any atom is 0.101 e. The smallest absolute Gasteiger partial charge is 0.101 e. The van der Waals surface area contributed by atoms with E-state index in [0.717, 1.165) is 64.7 Å². The zero-order chi connectivity index (χ0) is 37.1. The van der Waals surface area contributed by atoms with Crippen LogP contribution in [0.25, 0.3) is 106 Å². The van der Waals surface area contributed by atoms with Crippen LogP contribution in [0.2, 0.25) is 0 Å². The molecular formula is C50H26N4S2. The summed E-state index contributed by atoms with van der Waals surface area (Å²) in [6.45, 7) is 0. The van der Waals surface area contributed by atoms with Gasteiger partial charge in [-0.05, 0) is 71.8 Å². The number of thiophene rings is 2. The van der Waals surface area contributed by atoms with Crippen molar-refractivity contribution in [1.82, 2.24) is 9.13 Å². The van der Waals surface area contributed by atoms with Crippen molar-refractivity contribution in [3.8, 4) is 34.6 Å². The van der Waals surface area contributed by atoms with Crippen LogP contribution in [0, 0.1) is 22.7 Å². The van der Waals surface area contributed by atoms with Crippen molar-refractivity contribution >= 4 is 107 Å². The van der Waals surface area contributed by atoms with Crippen LogP contribution >= 0.6 is 22.7 Å². The summed E-state index contributed by atoms with van der Waals surface area (Å²) in [4.78, 5) is 0. The molecule has 258 valence electrons.